The molecule has 0 heterocycles. The molecule has 0 amide bonds. The third-order valence-electron chi connectivity index (χ3n) is 2.12. The summed E-state index contributed by atoms with van der Waals surface area (Å²) in [5.41, 5.74) is 0. The Morgan fingerprint density at radius 1 is 1.15 bits per heavy atom. The molecule has 0 spiro atoms. The molecule has 0 aromatic heterocycles. The fourth-order valence-corrected chi connectivity index (χ4v) is 1.65. The van der Waals surface area contributed by atoms with Crippen LogP contribution in [-0.2, 0) is 14.6 Å². The van der Waals surface area contributed by atoms with E-state index in [0.29, 0.717) is 11.8 Å². The minimum atomic E-state index is -4.29. The molecule has 0 radical (unpaired) electrons. The number of hydrogen-bond donors (Lipinski definition) is 1. The minimum Gasteiger partial charge on any atom is -0.264 e. The predicted octanol–water partition coefficient (Wildman–Crippen LogP) is 1.73. The van der Waals surface area contributed by atoms with E-state index in [-0.39, 0.29) is 12.5 Å². The second kappa shape index (κ2) is 4.93. The van der Waals surface area contributed by atoms with E-state index >= 15 is 0 Å². The molecule has 0 saturated carbocycles. The molecule has 0 aromatic carbocycles. The van der Waals surface area contributed by atoms with Crippen molar-refractivity contribution in [2.75, 3.05) is 6.61 Å². The Kier molecular flexibility index (Phi) is 4.88. The first-order valence-corrected chi connectivity index (χ1v) is 5.72. The second-order valence-corrected chi connectivity index (χ2v) is 4.96. The highest BCUT2D eigenvalue weighted by Crippen LogP contribution is 2.21. The quantitative estimate of drug-likeness (QED) is 0.702. The Bertz CT molecular complexity index is 223. The first-order valence-electron chi connectivity index (χ1n) is 4.36. The lowest BCUT2D eigenvalue weighted by Crippen LogP contribution is -2.23. The molecule has 0 rings (SSSR count). The van der Waals surface area contributed by atoms with Gasteiger partial charge in [-0.05, 0) is 17.8 Å². The molecule has 0 aliphatic rings. The molecule has 1 N–H and O–H groups in total. The van der Waals surface area contributed by atoms with Gasteiger partial charge in [-0.15, -0.1) is 0 Å². The molecule has 0 unspecified atom stereocenters. The highest BCUT2D eigenvalue weighted by molar-refractivity contribution is 7.80. The largest absolute Gasteiger partial charge is 0.397 e. The lowest BCUT2D eigenvalue weighted by atomic mass is 9.86. The van der Waals surface area contributed by atoms with Crippen LogP contribution in [0, 0.1) is 17.8 Å². The molecule has 0 aromatic rings. The zero-order valence-corrected chi connectivity index (χ0v) is 9.34. The van der Waals surface area contributed by atoms with Gasteiger partial charge in [0, 0.05) is 0 Å². The smallest absolute Gasteiger partial charge is 0.264 e. The van der Waals surface area contributed by atoms with Gasteiger partial charge in [0.25, 0.3) is 0 Å². The molecular weight excluding hydrogens is 192 g/mol. The molecule has 0 fully saturated rings. The fourth-order valence-electron chi connectivity index (χ4n) is 1.32. The van der Waals surface area contributed by atoms with Crippen LogP contribution < -0.4 is 0 Å². The Morgan fingerprint density at radius 2 is 1.54 bits per heavy atom. The fraction of sp³-hybridized carbons (Fsp3) is 1.00. The molecule has 0 bridgehead atoms. The SMILES string of the molecule is CC(C)C(COS(=O)(=O)O)C(C)C. The van der Waals surface area contributed by atoms with Crippen molar-refractivity contribution in [3.8, 4) is 0 Å². The average molecular weight is 210 g/mol. The summed E-state index contributed by atoms with van der Waals surface area (Å²) >= 11 is 0. The molecule has 13 heavy (non-hydrogen) atoms. The predicted molar refractivity (Wildman–Crippen MR) is 50.7 cm³/mol. The highest BCUT2D eigenvalue weighted by Gasteiger charge is 2.20. The van der Waals surface area contributed by atoms with Gasteiger partial charge in [0.05, 0.1) is 6.61 Å². The summed E-state index contributed by atoms with van der Waals surface area (Å²) in [7, 11) is -4.29. The van der Waals surface area contributed by atoms with Gasteiger partial charge in [-0.3, -0.25) is 4.55 Å². The lowest BCUT2D eigenvalue weighted by Gasteiger charge is -2.23. The summed E-state index contributed by atoms with van der Waals surface area (Å²) in [5.74, 6) is 0.811. The maximum Gasteiger partial charge on any atom is 0.397 e. The van der Waals surface area contributed by atoms with Crippen LogP contribution in [0.4, 0.5) is 0 Å². The van der Waals surface area contributed by atoms with Gasteiger partial charge in [-0.25, -0.2) is 4.18 Å². The van der Waals surface area contributed by atoms with Crippen molar-refractivity contribution in [1.29, 1.82) is 0 Å². The molecule has 80 valence electrons. The van der Waals surface area contributed by atoms with E-state index in [9.17, 15) is 8.42 Å². The van der Waals surface area contributed by atoms with E-state index in [2.05, 4.69) is 4.18 Å². The summed E-state index contributed by atoms with van der Waals surface area (Å²) in [5, 5.41) is 0. The molecule has 0 atom stereocenters. The molecule has 0 aliphatic heterocycles. The van der Waals surface area contributed by atoms with Crippen molar-refractivity contribution in [1.82, 2.24) is 0 Å². The second-order valence-electron chi connectivity index (χ2n) is 3.86. The number of rotatable bonds is 5. The molecule has 5 heteroatoms. The normalized spacial score (nSPS) is 13.2. The van der Waals surface area contributed by atoms with Crippen molar-refractivity contribution in [3.63, 3.8) is 0 Å². The van der Waals surface area contributed by atoms with Gasteiger partial charge >= 0.3 is 10.4 Å². The monoisotopic (exact) mass is 210 g/mol. The summed E-state index contributed by atoms with van der Waals surface area (Å²) in [6.45, 7) is 8.04. The van der Waals surface area contributed by atoms with Gasteiger partial charge in [-0.1, -0.05) is 27.7 Å². The van der Waals surface area contributed by atoms with Crippen LogP contribution >= 0.6 is 0 Å². The third-order valence-corrected chi connectivity index (χ3v) is 2.56. The topological polar surface area (TPSA) is 63.6 Å². The zero-order valence-electron chi connectivity index (χ0n) is 8.52. The van der Waals surface area contributed by atoms with Gasteiger partial charge in [0.15, 0.2) is 0 Å². The molecule has 0 saturated heterocycles. The highest BCUT2D eigenvalue weighted by atomic mass is 32.3. The van der Waals surface area contributed by atoms with Gasteiger partial charge in [-0.2, -0.15) is 8.42 Å². The van der Waals surface area contributed by atoms with E-state index in [1.807, 2.05) is 27.7 Å². The Hall–Kier alpha value is -0.130. The van der Waals surface area contributed by atoms with Crippen molar-refractivity contribution in [2.24, 2.45) is 17.8 Å². The summed E-state index contributed by atoms with van der Waals surface area (Å²) in [4.78, 5) is 0. The van der Waals surface area contributed by atoms with Gasteiger partial charge in [0.2, 0.25) is 0 Å². The van der Waals surface area contributed by atoms with Crippen LogP contribution in [0.5, 0.6) is 0 Å². The standard InChI is InChI=1S/C8H18O4S/c1-6(2)8(7(3)4)5-12-13(9,10)11/h6-8H,5H2,1-4H3,(H,9,10,11). The molecular formula is C8H18O4S. The van der Waals surface area contributed by atoms with E-state index < -0.39 is 10.4 Å². The van der Waals surface area contributed by atoms with Crippen LogP contribution in [0.2, 0.25) is 0 Å². The van der Waals surface area contributed by atoms with Crippen molar-refractivity contribution in [2.45, 2.75) is 27.7 Å². The lowest BCUT2D eigenvalue weighted by molar-refractivity contribution is 0.157. The van der Waals surface area contributed by atoms with Crippen molar-refractivity contribution < 1.29 is 17.2 Å². The first kappa shape index (κ1) is 12.9. The van der Waals surface area contributed by atoms with Crippen LogP contribution in [0.15, 0.2) is 0 Å². The maximum atomic E-state index is 10.3. The summed E-state index contributed by atoms with van der Waals surface area (Å²) < 4.78 is 33.4. The Balaban J connectivity index is 4.13. The zero-order chi connectivity index (χ0) is 10.6. The van der Waals surface area contributed by atoms with Gasteiger partial charge < -0.3 is 0 Å². The van der Waals surface area contributed by atoms with E-state index in [1.165, 1.54) is 0 Å². The van der Waals surface area contributed by atoms with Crippen LogP contribution in [0.3, 0.4) is 0 Å². The first-order chi connectivity index (χ1) is 5.74. The van der Waals surface area contributed by atoms with E-state index in [0.717, 1.165) is 0 Å². The Labute approximate surface area is 80.2 Å². The van der Waals surface area contributed by atoms with Crippen molar-refractivity contribution >= 4 is 10.4 Å². The molecule has 4 nitrogen and oxygen atoms in total. The third kappa shape index (κ3) is 6.01. The summed E-state index contributed by atoms with van der Waals surface area (Å²) in [6, 6.07) is 0. The Morgan fingerprint density at radius 3 is 1.77 bits per heavy atom. The van der Waals surface area contributed by atoms with Crippen molar-refractivity contribution in [3.05, 3.63) is 0 Å². The van der Waals surface area contributed by atoms with E-state index in [4.69, 9.17) is 4.55 Å². The van der Waals surface area contributed by atoms with Crippen LogP contribution in [-0.4, -0.2) is 19.6 Å². The maximum absolute atomic E-state index is 10.3. The van der Waals surface area contributed by atoms with E-state index in [1.54, 1.807) is 0 Å². The van der Waals surface area contributed by atoms with Gasteiger partial charge in [0.1, 0.15) is 0 Å². The molecule has 0 aliphatic carbocycles. The van der Waals surface area contributed by atoms with Crippen LogP contribution in [0.1, 0.15) is 27.7 Å². The average Bonchev–Trinajstić information content (AvgIpc) is 1.82. The number of hydrogen-bond acceptors (Lipinski definition) is 3. The van der Waals surface area contributed by atoms with Crippen LogP contribution in [0.25, 0.3) is 0 Å². The summed E-state index contributed by atoms with van der Waals surface area (Å²) in [6.07, 6.45) is 0. The minimum absolute atomic E-state index is 0.0498.